The number of esters is 1. The molecule has 6 heteroatoms. The highest BCUT2D eigenvalue weighted by atomic mass is 16.6. The zero-order valence-electron chi connectivity index (χ0n) is 17.9. The molecule has 2 aromatic rings. The van der Waals surface area contributed by atoms with Gasteiger partial charge in [-0.1, -0.05) is 48.5 Å². The molecule has 0 unspecified atom stereocenters. The lowest BCUT2D eigenvalue weighted by molar-refractivity contribution is -0.163. The summed E-state index contributed by atoms with van der Waals surface area (Å²) in [7, 11) is 1.32. The minimum Gasteiger partial charge on any atom is -0.467 e. The number of hydrogen-bond donors (Lipinski definition) is 1. The Balaban J connectivity index is 1.54. The third-order valence-corrected chi connectivity index (χ3v) is 4.98. The molecule has 0 heterocycles. The van der Waals surface area contributed by atoms with Gasteiger partial charge in [-0.05, 0) is 43.0 Å². The minimum atomic E-state index is -0.746. The predicted octanol–water partition coefficient (Wildman–Crippen LogP) is 4.27. The van der Waals surface area contributed by atoms with Crippen molar-refractivity contribution in [2.24, 2.45) is 0 Å². The zero-order chi connectivity index (χ0) is 21.7. The first-order valence-electron chi connectivity index (χ1n) is 10.1. The summed E-state index contributed by atoms with van der Waals surface area (Å²) in [4.78, 5) is 24.1. The Morgan fingerprint density at radius 2 is 1.57 bits per heavy atom. The summed E-state index contributed by atoms with van der Waals surface area (Å²) in [6.45, 7) is 6.08. The maximum absolute atomic E-state index is 12.2. The van der Waals surface area contributed by atoms with Crippen LogP contribution in [-0.2, 0) is 19.0 Å². The van der Waals surface area contributed by atoms with Gasteiger partial charge in [0.2, 0.25) is 0 Å². The molecule has 1 atom stereocenters. The van der Waals surface area contributed by atoms with Crippen LogP contribution in [0, 0.1) is 0 Å². The molecule has 0 bridgehead atoms. The molecule has 160 valence electrons. The first kappa shape index (κ1) is 21.8. The molecular formula is C24H29NO5. The van der Waals surface area contributed by atoms with Gasteiger partial charge in [0.15, 0.2) is 6.10 Å². The third-order valence-electron chi connectivity index (χ3n) is 4.98. The smallest absolute Gasteiger partial charge is 0.407 e. The van der Waals surface area contributed by atoms with Gasteiger partial charge < -0.3 is 19.5 Å². The van der Waals surface area contributed by atoms with Gasteiger partial charge in [-0.25, -0.2) is 9.59 Å². The van der Waals surface area contributed by atoms with E-state index in [9.17, 15) is 9.59 Å². The average molecular weight is 411 g/mol. The number of carbonyl (C=O) groups excluding carboxylic acids is 2. The van der Waals surface area contributed by atoms with E-state index in [1.165, 1.54) is 18.2 Å². The van der Waals surface area contributed by atoms with Gasteiger partial charge in [-0.15, -0.1) is 0 Å². The van der Waals surface area contributed by atoms with Crippen molar-refractivity contribution in [3.63, 3.8) is 0 Å². The molecule has 1 amide bonds. The van der Waals surface area contributed by atoms with Crippen LogP contribution in [0.25, 0.3) is 11.1 Å². The van der Waals surface area contributed by atoms with Gasteiger partial charge in [-0.3, -0.25) is 0 Å². The molecule has 0 saturated heterocycles. The van der Waals surface area contributed by atoms with E-state index in [4.69, 9.17) is 14.2 Å². The molecule has 0 saturated carbocycles. The molecule has 0 spiro atoms. The number of methoxy groups -OCH3 is 1. The van der Waals surface area contributed by atoms with Crippen LogP contribution in [0.1, 0.15) is 44.2 Å². The highest BCUT2D eigenvalue weighted by Crippen LogP contribution is 2.44. The fourth-order valence-electron chi connectivity index (χ4n) is 3.74. The predicted molar refractivity (Wildman–Crippen MR) is 114 cm³/mol. The van der Waals surface area contributed by atoms with Gasteiger partial charge in [0.1, 0.15) is 6.61 Å². The summed E-state index contributed by atoms with van der Waals surface area (Å²) < 4.78 is 16.0. The molecule has 3 rings (SSSR count). The van der Waals surface area contributed by atoms with E-state index < -0.39 is 23.8 Å². The minimum absolute atomic E-state index is 0.00944. The summed E-state index contributed by atoms with van der Waals surface area (Å²) in [5.74, 6) is -0.450. The van der Waals surface area contributed by atoms with Crippen molar-refractivity contribution in [2.45, 2.75) is 44.8 Å². The number of ether oxygens (including phenoxy) is 3. The van der Waals surface area contributed by atoms with Crippen LogP contribution in [0.5, 0.6) is 0 Å². The van der Waals surface area contributed by atoms with Crippen molar-refractivity contribution in [1.82, 2.24) is 5.32 Å². The SMILES string of the molecule is COC(=O)[C@H](CCNC(=O)OCC1c2ccccc2-c2ccccc21)OC(C)(C)C. The topological polar surface area (TPSA) is 73.9 Å². The Bertz CT molecular complexity index is 857. The summed E-state index contributed by atoms with van der Waals surface area (Å²) in [6.07, 6.45) is -0.964. The number of nitrogens with one attached hydrogen (secondary N) is 1. The molecule has 1 aliphatic carbocycles. The third kappa shape index (κ3) is 5.19. The summed E-state index contributed by atoms with van der Waals surface area (Å²) in [6, 6.07) is 16.4. The normalized spacial score (nSPS) is 13.9. The van der Waals surface area contributed by atoms with Crippen molar-refractivity contribution in [3.8, 4) is 11.1 Å². The lowest BCUT2D eigenvalue weighted by Crippen LogP contribution is -2.37. The van der Waals surface area contributed by atoms with Crippen molar-refractivity contribution in [2.75, 3.05) is 20.3 Å². The Morgan fingerprint density at radius 3 is 2.10 bits per heavy atom. The van der Waals surface area contributed by atoms with Crippen LogP contribution in [0.15, 0.2) is 48.5 Å². The highest BCUT2D eigenvalue weighted by molar-refractivity contribution is 5.79. The van der Waals surface area contributed by atoms with E-state index >= 15 is 0 Å². The van der Waals surface area contributed by atoms with E-state index in [0.717, 1.165) is 11.1 Å². The molecule has 0 radical (unpaired) electrons. The molecule has 2 aromatic carbocycles. The van der Waals surface area contributed by atoms with E-state index in [-0.39, 0.29) is 19.1 Å². The molecule has 6 nitrogen and oxygen atoms in total. The number of amides is 1. The van der Waals surface area contributed by atoms with Gasteiger partial charge in [-0.2, -0.15) is 0 Å². The van der Waals surface area contributed by atoms with Gasteiger partial charge in [0.25, 0.3) is 0 Å². The lowest BCUT2D eigenvalue weighted by atomic mass is 9.98. The van der Waals surface area contributed by atoms with Crippen LogP contribution in [0.2, 0.25) is 0 Å². The van der Waals surface area contributed by atoms with E-state index in [2.05, 4.69) is 29.6 Å². The monoisotopic (exact) mass is 411 g/mol. The Morgan fingerprint density at radius 1 is 1.00 bits per heavy atom. The number of carbonyl (C=O) groups is 2. The second kappa shape index (κ2) is 9.30. The molecule has 0 aromatic heterocycles. The number of fused-ring (bicyclic) bond motifs is 3. The zero-order valence-corrected chi connectivity index (χ0v) is 17.9. The van der Waals surface area contributed by atoms with Crippen LogP contribution in [-0.4, -0.2) is 44.0 Å². The first-order valence-corrected chi connectivity index (χ1v) is 10.1. The van der Waals surface area contributed by atoms with Crippen LogP contribution in [0.3, 0.4) is 0 Å². The summed E-state index contributed by atoms with van der Waals surface area (Å²) >= 11 is 0. The molecule has 30 heavy (non-hydrogen) atoms. The van der Waals surface area contributed by atoms with Crippen molar-refractivity contribution in [1.29, 1.82) is 0 Å². The summed E-state index contributed by atoms with van der Waals surface area (Å²) in [5, 5.41) is 2.70. The van der Waals surface area contributed by atoms with Crippen LogP contribution in [0.4, 0.5) is 4.79 Å². The second-order valence-corrected chi connectivity index (χ2v) is 8.28. The molecule has 1 N–H and O–H groups in total. The van der Waals surface area contributed by atoms with Gasteiger partial charge in [0, 0.05) is 18.9 Å². The van der Waals surface area contributed by atoms with Gasteiger partial charge in [0.05, 0.1) is 12.7 Å². The lowest BCUT2D eigenvalue weighted by Gasteiger charge is -2.25. The second-order valence-electron chi connectivity index (χ2n) is 8.28. The molecule has 0 fully saturated rings. The Kier molecular flexibility index (Phi) is 6.77. The van der Waals surface area contributed by atoms with Crippen LogP contribution < -0.4 is 5.32 Å². The van der Waals surface area contributed by atoms with Gasteiger partial charge >= 0.3 is 12.1 Å². The molecule has 1 aliphatic rings. The van der Waals surface area contributed by atoms with E-state index in [1.807, 2.05) is 45.0 Å². The van der Waals surface area contributed by atoms with Crippen molar-refractivity contribution >= 4 is 12.1 Å². The molecular weight excluding hydrogens is 382 g/mol. The fraction of sp³-hybridized carbons (Fsp3) is 0.417. The van der Waals surface area contributed by atoms with Crippen LogP contribution >= 0.6 is 0 Å². The molecule has 0 aliphatic heterocycles. The Labute approximate surface area is 177 Å². The van der Waals surface area contributed by atoms with Crippen molar-refractivity contribution in [3.05, 3.63) is 59.7 Å². The average Bonchev–Trinajstić information content (AvgIpc) is 3.04. The largest absolute Gasteiger partial charge is 0.467 e. The number of benzene rings is 2. The van der Waals surface area contributed by atoms with E-state index in [0.29, 0.717) is 6.42 Å². The standard InChI is InChI=1S/C24H29NO5/c1-24(2,3)30-21(22(26)28-4)13-14-25-23(27)29-15-20-18-11-7-5-9-16(18)17-10-6-8-12-19(17)20/h5-12,20-21H,13-15H2,1-4H3,(H,25,27)/t21-/m0/s1. The highest BCUT2D eigenvalue weighted by Gasteiger charge is 2.29. The summed E-state index contributed by atoms with van der Waals surface area (Å²) in [5.41, 5.74) is 4.19. The van der Waals surface area contributed by atoms with E-state index in [1.54, 1.807) is 0 Å². The number of alkyl carbamates (subject to hydrolysis) is 1. The maximum atomic E-state index is 12.2. The maximum Gasteiger partial charge on any atom is 0.407 e. The number of hydrogen-bond acceptors (Lipinski definition) is 5. The fourth-order valence-corrected chi connectivity index (χ4v) is 3.74. The Hall–Kier alpha value is -2.86. The quantitative estimate of drug-likeness (QED) is 0.689. The van der Waals surface area contributed by atoms with Crippen molar-refractivity contribution < 1.29 is 23.8 Å². The first-order chi connectivity index (χ1) is 14.3. The number of rotatable bonds is 7.